The van der Waals surface area contributed by atoms with Crippen LogP contribution in [0.25, 0.3) is 0 Å². The third-order valence-corrected chi connectivity index (χ3v) is 3.36. The SMILES string of the molecule is CCCCCCCCCCCOC(=O)CN(C)C(=O)OC. The second-order valence-corrected chi connectivity index (χ2v) is 5.37. The lowest BCUT2D eigenvalue weighted by atomic mass is 10.1. The summed E-state index contributed by atoms with van der Waals surface area (Å²) in [5.41, 5.74) is 0. The molecule has 0 aromatic heterocycles. The van der Waals surface area contributed by atoms with Gasteiger partial charge in [-0.2, -0.15) is 0 Å². The van der Waals surface area contributed by atoms with Crippen molar-refractivity contribution in [2.45, 2.75) is 64.7 Å². The van der Waals surface area contributed by atoms with Gasteiger partial charge < -0.3 is 14.4 Å². The molecule has 0 atom stereocenters. The van der Waals surface area contributed by atoms with Crippen LogP contribution in [-0.4, -0.2) is 44.3 Å². The number of carbonyl (C=O) groups excluding carboxylic acids is 2. The van der Waals surface area contributed by atoms with Crippen LogP contribution in [0.2, 0.25) is 0 Å². The van der Waals surface area contributed by atoms with E-state index in [2.05, 4.69) is 11.7 Å². The number of unbranched alkanes of at least 4 members (excludes halogenated alkanes) is 8. The van der Waals surface area contributed by atoms with E-state index in [-0.39, 0.29) is 12.5 Å². The molecule has 0 rings (SSSR count). The number of methoxy groups -OCH3 is 1. The lowest BCUT2D eigenvalue weighted by molar-refractivity contribution is -0.144. The summed E-state index contributed by atoms with van der Waals surface area (Å²) in [5, 5.41) is 0. The second kappa shape index (κ2) is 13.7. The normalized spacial score (nSPS) is 10.2. The van der Waals surface area contributed by atoms with Gasteiger partial charge in [0, 0.05) is 7.05 Å². The van der Waals surface area contributed by atoms with Gasteiger partial charge in [0.1, 0.15) is 6.54 Å². The maximum Gasteiger partial charge on any atom is 0.409 e. The number of likely N-dealkylation sites (N-methyl/N-ethyl adjacent to an activating group) is 1. The van der Waals surface area contributed by atoms with Gasteiger partial charge in [-0.25, -0.2) is 4.79 Å². The van der Waals surface area contributed by atoms with Gasteiger partial charge in [0.25, 0.3) is 0 Å². The topological polar surface area (TPSA) is 55.8 Å². The van der Waals surface area contributed by atoms with E-state index in [1.807, 2.05) is 0 Å². The van der Waals surface area contributed by atoms with Crippen LogP contribution in [0.15, 0.2) is 0 Å². The summed E-state index contributed by atoms with van der Waals surface area (Å²) in [5.74, 6) is -0.387. The molecule has 0 N–H and O–H groups in total. The van der Waals surface area contributed by atoms with Gasteiger partial charge in [0.15, 0.2) is 0 Å². The number of rotatable bonds is 12. The maximum absolute atomic E-state index is 11.4. The molecule has 0 heterocycles. The van der Waals surface area contributed by atoms with E-state index >= 15 is 0 Å². The molecule has 1 amide bonds. The van der Waals surface area contributed by atoms with Gasteiger partial charge in [0.05, 0.1) is 13.7 Å². The molecule has 0 saturated carbocycles. The van der Waals surface area contributed by atoms with Crippen molar-refractivity contribution in [1.82, 2.24) is 4.90 Å². The van der Waals surface area contributed by atoms with E-state index in [9.17, 15) is 9.59 Å². The number of amides is 1. The van der Waals surface area contributed by atoms with Crippen LogP contribution in [0.4, 0.5) is 4.79 Å². The Morgan fingerprint density at radius 1 is 0.905 bits per heavy atom. The van der Waals surface area contributed by atoms with Crippen LogP contribution in [0.3, 0.4) is 0 Å². The number of carbonyl (C=O) groups is 2. The molecular formula is C16H31NO4. The summed E-state index contributed by atoms with van der Waals surface area (Å²) in [6, 6.07) is 0. The first-order valence-corrected chi connectivity index (χ1v) is 8.06. The third kappa shape index (κ3) is 12.2. The molecule has 0 fully saturated rings. The third-order valence-electron chi connectivity index (χ3n) is 3.36. The summed E-state index contributed by atoms with van der Waals surface area (Å²) in [4.78, 5) is 23.7. The number of ether oxygens (including phenoxy) is 2. The highest BCUT2D eigenvalue weighted by Gasteiger charge is 2.13. The second-order valence-electron chi connectivity index (χ2n) is 5.37. The highest BCUT2D eigenvalue weighted by atomic mass is 16.5. The fourth-order valence-corrected chi connectivity index (χ4v) is 2.06. The first-order valence-electron chi connectivity index (χ1n) is 8.06. The van der Waals surface area contributed by atoms with Gasteiger partial charge in [-0.1, -0.05) is 58.3 Å². The zero-order chi connectivity index (χ0) is 15.9. The summed E-state index contributed by atoms with van der Waals surface area (Å²) in [7, 11) is 2.79. The first-order chi connectivity index (χ1) is 10.1. The predicted octanol–water partition coefficient (Wildman–Crippen LogP) is 3.76. The Labute approximate surface area is 129 Å². The standard InChI is InChI=1S/C16H31NO4/c1-4-5-6-7-8-9-10-11-12-13-21-15(18)14-17(2)16(19)20-3/h4-14H2,1-3H3. The van der Waals surface area contributed by atoms with Crippen molar-refractivity contribution in [2.75, 3.05) is 27.3 Å². The maximum atomic E-state index is 11.4. The number of hydrogen-bond donors (Lipinski definition) is 0. The molecule has 0 aromatic carbocycles. The average Bonchev–Trinajstić information content (AvgIpc) is 2.48. The molecular weight excluding hydrogens is 270 g/mol. The molecule has 5 nitrogen and oxygen atoms in total. The Kier molecular flexibility index (Phi) is 12.9. The Bertz CT molecular complexity index is 281. The summed E-state index contributed by atoms with van der Waals surface area (Å²) in [6.45, 7) is 2.60. The van der Waals surface area contributed by atoms with Gasteiger partial charge in [-0.3, -0.25) is 4.79 Å². The summed E-state index contributed by atoms with van der Waals surface area (Å²) in [6.07, 6.45) is 10.5. The van der Waals surface area contributed by atoms with Crippen molar-refractivity contribution in [3.05, 3.63) is 0 Å². The van der Waals surface area contributed by atoms with Crippen molar-refractivity contribution in [3.63, 3.8) is 0 Å². The molecule has 0 aliphatic heterocycles. The zero-order valence-corrected chi connectivity index (χ0v) is 13.9. The van der Waals surface area contributed by atoms with Crippen LogP contribution < -0.4 is 0 Å². The fourth-order valence-electron chi connectivity index (χ4n) is 2.06. The molecule has 0 aliphatic rings. The minimum atomic E-state index is -0.532. The predicted molar refractivity (Wildman–Crippen MR) is 83.2 cm³/mol. The summed E-state index contributed by atoms with van der Waals surface area (Å²) < 4.78 is 9.58. The lowest BCUT2D eigenvalue weighted by Gasteiger charge is -2.14. The monoisotopic (exact) mass is 301 g/mol. The van der Waals surface area contributed by atoms with Crippen LogP contribution in [0, 0.1) is 0 Å². The van der Waals surface area contributed by atoms with E-state index in [1.54, 1.807) is 0 Å². The first kappa shape index (κ1) is 19.7. The molecule has 0 saturated heterocycles. The van der Waals surface area contributed by atoms with Crippen LogP contribution >= 0.6 is 0 Å². The van der Waals surface area contributed by atoms with Crippen molar-refractivity contribution >= 4 is 12.1 Å². The summed E-state index contributed by atoms with van der Waals surface area (Å²) >= 11 is 0. The smallest absolute Gasteiger partial charge is 0.409 e. The van der Waals surface area contributed by atoms with Crippen molar-refractivity contribution < 1.29 is 19.1 Å². The molecule has 21 heavy (non-hydrogen) atoms. The van der Waals surface area contributed by atoms with Crippen LogP contribution in [-0.2, 0) is 14.3 Å². The minimum Gasteiger partial charge on any atom is -0.464 e. The molecule has 5 heteroatoms. The molecule has 0 aromatic rings. The number of esters is 1. The molecule has 124 valence electrons. The van der Waals surface area contributed by atoms with Crippen molar-refractivity contribution in [1.29, 1.82) is 0 Å². The average molecular weight is 301 g/mol. The van der Waals surface area contributed by atoms with E-state index in [4.69, 9.17) is 4.74 Å². The van der Waals surface area contributed by atoms with E-state index in [1.165, 1.54) is 64.0 Å². The minimum absolute atomic E-state index is 0.0654. The number of nitrogens with zero attached hydrogens (tertiary/aromatic N) is 1. The largest absolute Gasteiger partial charge is 0.464 e. The Balaban J connectivity index is 3.34. The molecule has 0 bridgehead atoms. The van der Waals surface area contributed by atoms with Crippen LogP contribution in [0.5, 0.6) is 0 Å². The lowest BCUT2D eigenvalue weighted by Crippen LogP contribution is -2.32. The zero-order valence-electron chi connectivity index (χ0n) is 13.9. The van der Waals surface area contributed by atoms with Crippen LogP contribution in [0.1, 0.15) is 64.7 Å². The fraction of sp³-hybridized carbons (Fsp3) is 0.875. The Morgan fingerprint density at radius 2 is 1.43 bits per heavy atom. The quantitative estimate of drug-likeness (QED) is 0.407. The highest BCUT2D eigenvalue weighted by molar-refractivity contribution is 5.77. The highest BCUT2D eigenvalue weighted by Crippen LogP contribution is 2.09. The van der Waals surface area contributed by atoms with Gasteiger partial charge in [0.2, 0.25) is 0 Å². The van der Waals surface area contributed by atoms with Gasteiger partial charge in [-0.15, -0.1) is 0 Å². The number of hydrogen-bond acceptors (Lipinski definition) is 4. The Hall–Kier alpha value is -1.26. The molecule has 0 spiro atoms. The molecule has 0 unspecified atom stereocenters. The molecule has 0 radical (unpaired) electrons. The van der Waals surface area contributed by atoms with Crippen molar-refractivity contribution in [2.24, 2.45) is 0 Å². The van der Waals surface area contributed by atoms with Gasteiger partial charge >= 0.3 is 12.1 Å². The molecule has 0 aliphatic carbocycles. The van der Waals surface area contributed by atoms with Crippen molar-refractivity contribution in [3.8, 4) is 0 Å². The van der Waals surface area contributed by atoms with Gasteiger partial charge in [-0.05, 0) is 6.42 Å². The Morgan fingerprint density at radius 3 is 1.95 bits per heavy atom. The van der Waals surface area contributed by atoms with E-state index < -0.39 is 6.09 Å². The van der Waals surface area contributed by atoms with E-state index in [0.29, 0.717) is 6.61 Å². The van der Waals surface area contributed by atoms with E-state index in [0.717, 1.165) is 12.8 Å².